The molecule has 0 radical (unpaired) electrons. The third-order valence-corrected chi connectivity index (χ3v) is 6.97. The maximum Gasteiger partial charge on any atom is 0.265 e. The minimum absolute atomic E-state index is 0.108. The Kier molecular flexibility index (Phi) is 6.37. The maximum atomic E-state index is 13.0. The Morgan fingerprint density at radius 2 is 1.26 bits per heavy atom. The number of hydrogen-bond acceptors (Lipinski definition) is 6. The minimum Gasteiger partial charge on any atom is -0.497 e. The Morgan fingerprint density at radius 3 is 1.77 bits per heavy atom. The highest BCUT2D eigenvalue weighted by molar-refractivity contribution is 7.93. The number of sulfonamides is 2. The molecule has 3 aromatic carbocycles. The van der Waals surface area contributed by atoms with E-state index in [0.717, 1.165) is 24.3 Å². The van der Waals surface area contributed by atoms with Gasteiger partial charge in [-0.05, 0) is 60.7 Å². The van der Waals surface area contributed by atoms with Gasteiger partial charge in [-0.15, -0.1) is 0 Å². The summed E-state index contributed by atoms with van der Waals surface area (Å²) in [6.45, 7) is 0. The molecule has 0 saturated carbocycles. The highest BCUT2D eigenvalue weighted by Gasteiger charge is 2.21. The van der Waals surface area contributed by atoms with Crippen molar-refractivity contribution in [2.45, 2.75) is 9.79 Å². The third kappa shape index (κ3) is 5.25. The molecule has 0 aliphatic rings. The van der Waals surface area contributed by atoms with Crippen LogP contribution in [0, 0.1) is 5.82 Å². The normalized spacial score (nSPS) is 11.6. The predicted molar refractivity (Wildman–Crippen MR) is 114 cm³/mol. The van der Waals surface area contributed by atoms with Crippen LogP contribution in [0.4, 0.5) is 15.8 Å². The number of hydrogen-bond donors (Lipinski definition) is 2. The summed E-state index contributed by atoms with van der Waals surface area (Å²) < 4.78 is 78.3. The van der Waals surface area contributed by atoms with Crippen LogP contribution >= 0.6 is 0 Å². The Hall–Kier alpha value is -3.31. The smallest absolute Gasteiger partial charge is 0.265 e. The van der Waals surface area contributed by atoms with E-state index in [1.165, 1.54) is 50.6 Å². The Balaban J connectivity index is 1.80. The van der Waals surface area contributed by atoms with Crippen molar-refractivity contribution < 1.29 is 30.7 Å². The van der Waals surface area contributed by atoms with Crippen LogP contribution in [0.25, 0.3) is 0 Å². The fraction of sp³-hybridized carbons (Fsp3) is 0.100. The van der Waals surface area contributed by atoms with Crippen LogP contribution in [0.3, 0.4) is 0 Å². The summed E-state index contributed by atoms with van der Waals surface area (Å²) in [5, 5.41) is 0. The largest absolute Gasteiger partial charge is 0.497 e. The van der Waals surface area contributed by atoms with Gasteiger partial charge in [0.05, 0.1) is 19.1 Å². The lowest BCUT2D eigenvalue weighted by molar-refractivity contribution is 0.392. The van der Waals surface area contributed by atoms with Crippen molar-refractivity contribution in [1.82, 2.24) is 0 Å². The van der Waals surface area contributed by atoms with E-state index in [1.807, 2.05) is 0 Å². The average Bonchev–Trinajstić information content (AvgIpc) is 2.74. The van der Waals surface area contributed by atoms with Gasteiger partial charge < -0.3 is 9.47 Å². The van der Waals surface area contributed by atoms with Crippen molar-refractivity contribution >= 4 is 31.4 Å². The second kappa shape index (κ2) is 8.82. The molecule has 0 atom stereocenters. The molecular formula is C20H19FN2O6S2. The summed E-state index contributed by atoms with van der Waals surface area (Å²) in [6.07, 6.45) is 0. The van der Waals surface area contributed by atoms with Gasteiger partial charge in [0, 0.05) is 17.4 Å². The molecule has 3 aromatic rings. The SMILES string of the molecule is COc1ccc(OC)c(S(=O)(=O)Nc2ccc(NS(=O)(=O)c3ccc(F)cc3)cc2)c1. The predicted octanol–water partition coefficient (Wildman–Crippen LogP) is 3.44. The Labute approximate surface area is 179 Å². The van der Waals surface area contributed by atoms with E-state index in [9.17, 15) is 21.2 Å². The number of halogens is 1. The van der Waals surface area contributed by atoms with Gasteiger partial charge in [-0.25, -0.2) is 21.2 Å². The number of rotatable bonds is 8. The molecule has 164 valence electrons. The molecule has 31 heavy (non-hydrogen) atoms. The topological polar surface area (TPSA) is 111 Å². The van der Waals surface area contributed by atoms with Crippen LogP contribution in [0.5, 0.6) is 11.5 Å². The van der Waals surface area contributed by atoms with E-state index >= 15 is 0 Å². The van der Waals surface area contributed by atoms with Gasteiger partial charge in [0.1, 0.15) is 22.2 Å². The summed E-state index contributed by atoms with van der Waals surface area (Å²) in [4.78, 5) is -0.223. The van der Waals surface area contributed by atoms with Crippen LogP contribution in [0.1, 0.15) is 0 Å². The molecule has 11 heteroatoms. The number of benzene rings is 3. The Morgan fingerprint density at radius 1 is 0.710 bits per heavy atom. The van der Waals surface area contributed by atoms with Gasteiger partial charge >= 0.3 is 0 Å². The van der Waals surface area contributed by atoms with Crippen molar-refractivity contribution in [3.63, 3.8) is 0 Å². The first-order valence-corrected chi connectivity index (χ1v) is 11.7. The molecule has 0 spiro atoms. The van der Waals surface area contributed by atoms with Crippen molar-refractivity contribution in [2.24, 2.45) is 0 Å². The zero-order chi connectivity index (χ0) is 22.6. The molecular weight excluding hydrogens is 447 g/mol. The van der Waals surface area contributed by atoms with Gasteiger partial charge in [-0.3, -0.25) is 9.44 Å². The van der Waals surface area contributed by atoms with Crippen LogP contribution in [-0.2, 0) is 20.0 Å². The fourth-order valence-electron chi connectivity index (χ4n) is 2.64. The molecule has 0 amide bonds. The summed E-state index contributed by atoms with van der Waals surface area (Å²) in [6, 6.07) is 14.3. The van der Waals surface area contributed by atoms with E-state index in [4.69, 9.17) is 9.47 Å². The first-order chi connectivity index (χ1) is 14.6. The summed E-state index contributed by atoms with van der Waals surface area (Å²) in [5.41, 5.74) is 0.404. The van der Waals surface area contributed by atoms with Crippen molar-refractivity contribution in [3.05, 3.63) is 72.5 Å². The lowest BCUT2D eigenvalue weighted by Crippen LogP contribution is -2.15. The van der Waals surface area contributed by atoms with Crippen molar-refractivity contribution in [1.29, 1.82) is 0 Å². The first-order valence-electron chi connectivity index (χ1n) is 8.78. The number of ether oxygens (including phenoxy) is 2. The number of anilines is 2. The first kappa shape index (κ1) is 22.4. The molecule has 0 fully saturated rings. The van der Waals surface area contributed by atoms with E-state index in [1.54, 1.807) is 6.07 Å². The molecule has 0 aliphatic heterocycles. The molecule has 2 N–H and O–H groups in total. The lowest BCUT2D eigenvalue weighted by Gasteiger charge is -2.13. The van der Waals surface area contributed by atoms with Crippen molar-refractivity contribution in [3.8, 4) is 11.5 Å². The number of nitrogens with one attached hydrogen (secondary N) is 2. The van der Waals surface area contributed by atoms with Gasteiger partial charge in [0.2, 0.25) is 0 Å². The summed E-state index contributed by atoms with van der Waals surface area (Å²) in [7, 11) is -5.17. The molecule has 3 rings (SSSR count). The second-order valence-corrected chi connectivity index (χ2v) is 9.59. The zero-order valence-electron chi connectivity index (χ0n) is 16.5. The van der Waals surface area contributed by atoms with Gasteiger partial charge in [-0.1, -0.05) is 0 Å². The van der Waals surface area contributed by atoms with Crippen LogP contribution in [0.15, 0.2) is 76.5 Å². The van der Waals surface area contributed by atoms with Crippen LogP contribution in [0.2, 0.25) is 0 Å². The van der Waals surface area contributed by atoms with Gasteiger partial charge in [0.25, 0.3) is 20.0 Å². The van der Waals surface area contributed by atoms with Gasteiger partial charge in [0.15, 0.2) is 0 Å². The van der Waals surface area contributed by atoms with Crippen molar-refractivity contribution in [2.75, 3.05) is 23.7 Å². The molecule has 0 bridgehead atoms. The summed E-state index contributed by atoms with van der Waals surface area (Å²) >= 11 is 0. The van der Waals surface area contributed by atoms with E-state index in [-0.39, 0.29) is 26.9 Å². The molecule has 0 aliphatic carbocycles. The van der Waals surface area contributed by atoms with E-state index < -0.39 is 25.9 Å². The monoisotopic (exact) mass is 466 g/mol. The summed E-state index contributed by atoms with van der Waals surface area (Å²) in [5.74, 6) is -0.0769. The quantitative estimate of drug-likeness (QED) is 0.526. The van der Waals surface area contributed by atoms with E-state index in [0.29, 0.717) is 5.75 Å². The molecule has 0 heterocycles. The molecule has 8 nitrogen and oxygen atoms in total. The van der Waals surface area contributed by atoms with Gasteiger partial charge in [-0.2, -0.15) is 0 Å². The minimum atomic E-state index is -4.01. The molecule has 0 saturated heterocycles. The fourth-order valence-corrected chi connectivity index (χ4v) is 4.94. The standard InChI is InChI=1S/C20H19FN2O6S2/c1-28-17-9-12-19(29-2)20(13-17)31(26,27)23-16-7-5-15(6-8-16)22-30(24,25)18-10-3-14(21)4-11-18/h3-13,22-23H,1-2H3. The lowest BCUT2D eigenvalue weighted by atomic mass is 10.3. The highest BCUT2D eigenvalue weighted by atomic mass is 32.2. The van der Waals surface area contributed by atoms with Crippen LogP contribution < -0.4 is 18.9 Å². The third-order valence-electron chi connectivity index (χ3n) is 4.17. The second-order valence-electron chi connectivity index (χ2n) is 6.26. The van der Waals surface area contributed by atoms with Crippen LogP contribution in [-0.4, -0.2) is 31.1 Å². The molecule has 0 aromatic heterocycles. The number of methoxy groups -OCH3 is 2. The maximum absolute atomic E-state index is 13.0. The Bertz CT molecular complexity index is 1280. The van der Waals surface area contributed by atoms with E-state index in [2.05, 4.69) is 9.44 Å². The zero-order valence-corrected chi connectivity index (χ0v) is 18.1. The molecule has 0 unspecified atom stereocenters. The highest BCUT2D eigenvalue weighted by Crippen LogP contribution is 2.30. The average molecular weight is 467 g/mol.